The molecule has 0 aliphatic carbocycles. The Balaban J connectivity index is 1.98. The van der Waals surface area contributed by atoms with Gasteiger partial charge in [0.2, 0.25) is 5.95 Å². The molecule has 0 saturated heterocycles. The fourth-order valence-electron chi connectivity index (χ4n) is 2.38. The SMILES string of the molecule is CN(c1ccc(C#N)cc1)c1ncc(C(F)(F)F)c(Nc2ccc(Br)cc2)n1. The summed E-state index contributed by atoms with van der Waals surface area (Å²) < 4.78 is 41.0. The number of benzene rings is 2. The van der Waals surface area contributed by atoms with Crippen molar-refractivity contribution in [3.05, 3.63) is 70.3 Å². The van der Waals surface area contributed by atoms with Crippen molar-refractivity contribution in [2.75, 3.05) is 17.3 Å². The van der Waals surface area contributed by atoms with Gasteiger partial charge in [0, 0.05) is 29.1 Å². The van der Waals surface area contributed by atoms with Crippen LogP contribution in [0.5, 0.6) is 0 Å². The molecule has 0 saturated carbocycles. The number of nitrogens with one attached hydrogen (secondary N) is 1. The zero-order valence-electron chi connectivity index (χ0n) is 14.5. The van der Waals surface area contributed by atoms with Gasteiger partial charge in [-0.15, -0.1) is 0 Å². The highest BCUT2D eigenvalue weighted by molar-refractivity contribution is 9.10. The maximum absolute atomic E-state index is 13.4. The summed E-state index contributed by atoms with van der Waals surface area (Å²) in [4.78, 5) is 9.48. The molecule has 0 radical (unpaired) electrons. The number of alkyl halides is 3. The van der Waals surface area contributed by atoms with Gasteiger partial charge in [-0.1, -0.05) is 15.9 Å². The van der Waals surface area contributed by atoms with Crippen molar-refractivity contribution in [1.29, 1.82) is 5.26 Å². The molecule has 0 amide bonds. The molecule has 1 N–H and O–H groups in total. The molecular weight excluding hydrogens is 435 g/mol. The van der Waals surface area contributed by atoms with Crippen LogP contribution in [0, 0.1) is 11.3 Å². The zero-order valence-corrected chi connectivity index (χ0v) is 16.1. The maximum Gasteiger partial charge on any atom is 0.421 e. The van der Waals surface area contributed by atoms with Crippen LogP contribution in [-0.2, 0) is 6.18 Å². The number of nitriles is 1. The Morgan fingerprint density at radius 1 is 1.07 bits per heavy atom. The highest BCUT2D eigenvalue weighted by Crippen LogP contribution is 2.36. The highest BCUT2D eigenvalue weighted by atomic mass is 79.9. The lowest BCUT2D eigenvalue weighted by atomic mass is 10.2. The van der Waals surface area contributed by atoms with Crippen LogP contribution in [-0.4, -0.2) is 17.0 Å². The minimum absolute atomic E-state index is 0.0809. The fraction of sp³-hybridized carbons (Fsp3) is 0.105. The molecule has 5 nitrogen and oxygen atoms in total. The molecule has 28 heavy (non-hydrogen) atoms. The van der Waals surface area contributed by atoms with E-state index in [1.54, 1.807) is 55.6 Å². The molecule has 3 aromatic rings. The van der Waals surface area contributed by atoms with Crippen molar-refractivity contribution in [1.82, 2.24) is 9.97 Å². The molecule has 0 aliphatic rings. The van der Waals surface area contributed by atoms with E-state index in [4.69, 9.17) is 5.26 Å². The molecule has 1 aromatic heterocycles. The molecule has 9 heteroatoms. The molecule has 142 valence electrons. The molecule has 2 aromatic carbocycles. The van der Waals surface area contributed by atoms with Crippen LogP contribution < -0.4 is 10.2 Å². The van der Waals surface area contributed by atoms with E-state index < -0.39 is 11.7 Å². The van der Waals surface area contributed by atoms with Gasteiger partial charge in [0.15, 0.2) is 0 Å². The summed E-state index contributed by atoms with van der Waals surface area (Å²) in [6, 6.07) is 15.2. The molecule has 0 unspecified atom stereocenters. The summed E-state index contributed by atoms with van der Waals surface area (Å²) in [6.45, 7) is 0. The number of nitrogens with zero attached hydrogens (tertiary/aromatic N) is 4. The lowest BCUT2D eigenvalue weighted by Gasteiger charge is -2.20. The standard InChI is InChI=1S/C19H13BrF3N5/c1-28(15-8-2-12(10-24)3-9-15)18-25-11-16(19(21,22)23)17(27-18)26-14-6-4-13(20)5-7-14/h2-9,11H,1H3,(H,25,26,27). The lowest BCUT2D eigenvalue weighted by molar-refractivity contribution is -0.137. The molecule has 0 fully saturated rings. The minimum atomic E-state index is -4.61. The third-order valence-electron chi connectivity index (χ3n) is 3.87. The fourth-order valence-corrected chi connectivity index (χ4v) is 2.65. The largest absolute Gasteiger partial charge is 0.421 e. The predicted molar refractivity (Wildman–Crippen MR) is 104 cm³/mol. The summed E-state index contributed by atoms with van der Waals surface area (Å²) in [5.41, 5.74) is 0.600. The van der Waals surface area contributed by atoms with Crippen LogP contribution in [0.4, 0.5) is 36.3 Å². The molecule has 0 bridgehead atoms. The van der Waals surface area contributed by atoms with Gasteiger partial charge in [-0.3, -0.25) is 0 Å². The lowest BCUT2D eigenvalue weighted by Crippen LogP contribution is -2.17. The molecule has 0 spiro atoms. The van der Waals surface area contributed by atoms with Crippen LogP contribution in [0.1, 0.15) is 11.1 Å². The number of hydrogen-bond donors (Lipinski definition) is 1. The van der Waals surface area contributed by atoms with E-state index in [9.17, 15) is 13.2 Å². The quantitative estimate of drug-likeness (QED) is 0.560. The Morgan fingerprint density at radius 2 is 1.71 bits per heavy atom. The van der Waals surface area contributed by atoms with Crippen LogP contribution in [0.2, 0.25) is 0 Å². The van der Waals surface area contributed by atoms with E-state index in [2.05, 4.69) is 31.2 Å². The highest BCUT2D eigenvalue weighted by Gasteiger charge is 2.35. The van der Waals surface area contributed by atoms with E-state index in [0.29, 0.717) is 16.9 Å². The summed E-state index contributed by atoms with van der Waals surface area (Å²) >= 11 is 3.28. The van der Waals surface area contributed by atoms with E-state index in [0.717, 1.165) is 10.7 Å². The first-order valence-corrected chi connectivity index (χ1v) is 8.78. The average molecular weight is 448 g/mol. The smallest absolute Gasteiger partial charge is 0.340 e. The summed E-state index contributed by atoms with van der Waals surface area (Å²) in [5.74, 6) is -0.266. The van der Waals surface area contributed by atoms with Gasteiger partial charge in [-0.2, -0.15) is 23.4 Å². The molecule has 0 aliphatic heterocycles. The van der Waals surface area contributed by atoms with E-state index in [1.165, 1.54) is 4.90 Å². The summed E-state index contributed by atoms with van der Waals surface area (Å²) in [7, 11) is 1.63. The molecule has 0 atom stereocenters. The number of rotatable bonds is 4. The van der Waals surface area contributed by atoms with Crippen molar-refractivity contribution in [2.45, 2.75) is 6.18 Å². The van der Waals surface area contributed by atoms with Gasteiger partial charge in [0.25, 0.3) is 0 Å². The van der Waals surface area contributed by atoms with Gasteiger partial charge in [0.05, 0.1) is 11.6 Å². The van der Waals surface area contributed by atoms with E-state index in [-0.39, 0.29) is 11.8 Å². The average Bonchev–Trinajstić information content (AvgIpc) is 2.68. The minimum Gasteiger partial charge on any atom is -0.340 e. The normalized spacial score (nSPS) is 11.0. The summed E-state index contributed by atoms with van der Waals surface area (Å²) in [5, 5.41) is 11.6. The number of hydrogen-bond acceptors (Lipinski definition) is 5. The van der Waals surface area contributed by atoms with Crippen molar-refractivity contribution >= 4 is 39.1 Å². The first kappa shape index (κ1) is 19.6. The van der Waals surface area contributed by atoms with Crippen LogP contribution in [0.15, 0.2) is 59.2 Å². The van der Waals surface area contributed by atoms with Crippen LogP contribution in [0.25, 0.3) is 0 Å². The first-order chi connectivity index (χ1) is 13.3. The van der Waals surface area contributed by atoms with Gasteiger partial charge in [-0.05, 0) is 48.5 Å². The maximum atomic E-state index is 13.4. The van der Waals surface area contributed by atoms with Crippen LogP contribution in [0.3, 0.4) is 0 Å². The molecule has 3 rings (SSSR count). The van der Waals surface area contributed by atoms with Crippen molar-refractivity contribution in [3.63, 3.8) is 0 Å². The predicted octanol–water partition coefficient (Wildman–Crippen LogP) is 5.64. The Morgan fingerprint density at radius 3 is 2.29 bits per heavy atom. The second kappa shape index (κ2) is 7.86. The summed E-state index contributed by atoms with van der Waals surface area (Å²) in [6.07, 6.45) is -3.85. The zero-order chi connectivity index (χ0) is 20.3. The Bertz CT molecular complexity index is 1010. The number of anilines is 4. The topological polar surface area (TPSA) is 64.8 Å². The third kappa shape index (κ3) is 4.40. The Hall–Kier alpha value is -3.12. The van der Waals surface area contributed by atoms with Crippen molar-refractivity contribution in [2.24, 2.45) is 0 Å². The first-order valence-electron chi connectivity index (χ1n) is 7.98. The molecular formula is C19H13BrF3N5. The van der Waals surface area contributed by atoms with Crippen molar-refractivity contribution in [3.8, 4) is 6.07 Å². The van der Waals surface area contributed by atoms with E-state index in [1.807, 2.05) is 6.07 Å². The van der Waals surface area contributed by atoms with Gasteiger partial charge >= 0.3 is 6.18 Å². The van der Waals surface area contributed by atoms with E-state index >= 15 is 0 Å². The van der Waals surface area contributed by atoms with Gasteiger partial charge in [-0.25, -0.2) is 4.98 Å². The molecule has 1 heterocycles. The number of aromatic nitrogens is 2. The van der Waals surface area contributed by atoms with Crippen molar-refractivity contribution < 1.29 is 13.2 Å². The second-order valence-corrected chi connectivity index (χ2v) is 6.70. The monoisotopic (exact) mass is 447 g/mol. The third-order valence-corrected chi connectivity index (χ3v) is 4.40. The Labute approximate surface area is 167 Å². The second-order valence-electron chi connectivity index (χ2n) is 5.78. The number of halogens is 4. The van der Waals surface area contributed by atoms with Crippen LogP contribution >= 0.6 is 15.9 Å². The van der Waals surface area contributed by atoms with Gasteiger partial charge < -0.3 is 10.2 Å². The van der Waals surface area contributed by atoms with Gasteiger partial charge in [0.1, 0.15) is 11.4 Å². The Kier molecular flexibility index (Phi) is 5.51.